The number of rotatable bonds is 4. The Morgan fingerprint density at radius 3 is 3.20 bits per heavy atom. The van der Waals surface area contributed by atoms with Gasteiger partial charge in [0.15, 0.2) is 0 Å². The molecule has 2 aromatic rings. The zero-order valence-electron chi connectivity index (χ0n) is 12.0. The minimum absolute atomic E-state index is 0.388. The molecular weight excluding hydrogens is 268 g/mol. The van der Waals surface area contributed by atoms with E-state index in [1.165, 1.54) is 10.4 Å². The fourth-order valence-corrected chi connectivity index (χ4v) is 3.64. The van der Waals surface area contributed by atoms with Crippen LogP contribution in [-0.4, -0.2) is 23.1 Å². The minimum atomic E-state index is 0.388. The first-order valence-corrected chi connectivity index (χ1v) is 8.06. The molecule has 1 unspecified atom stereocenters. The van der Waals surface area contributed by atoms with Gasteiger partial charge in [-0.15, -0.1) is 11.3 Å². The van der Waals surface area contributed by atoms with Crippen LogP contribution in [0.1, 0.15) is 36.8 Å². The molecule has 0 amide bonds. The Bertz CT molecular complexity index is 581. The maximum absolute atomic E-state index is 4.46. The van der Waals surface area contributed by atoms with Crippen LogP contribution in [0.15, 0.2) is 23.8 Å². The normalized spacial score (nSPS) is 17.9. The van der Waals surface area contributed by atoms with Crippen LogP contribution in [0.3, 0.4) is 0 Å². The van der Waals surface area contributed by atoms with Gasteiger partial charge < -0.3 is 10.2 Å². The predicted molar refractivity (Wildman–Crippen MR) is 84.6 cm³/mol. The van der Waals surface area contributed by atoms with Gasteiger partial charge in [-0.1, -0.05) is 6.92 Å². The first-order valence-electron chi connectivity index (χ1n) is 7.18. The molecule has 1 aliphatic rings. The molecule has 5 heteroatoms. The number of thiophene rings is 1. The van der Waals surface area contributed by atoms with Crippen LogP contribution in [0.2, 0.25) is 0 Å². The molecule has 2 aromatic heterocycles. The molecule has 0 aromatic carbocycles. The van der Waals surface area contributed by atoms with E-state index in [0.29, 0.717) is 6.04 Å². The van der Waals surface area contributed by atoms with Gasteiger partial charge in [0.25, 0.3) is 0 Å². The van der Waals surface area contributed by atoms with Gasteiger partial charge in [-0.3, -0.25) is 0 Å². The summed E-state index contributed by atoms with van der Waals surface area (Å²) < 4.78 is 0. The van der Waals surface area contributed by atoms with E-state index in [-0.39, 0.29) is 0 Å². The van der Waals surface area contributed by atoms with E-state index in [2.05, 4.69) is 51.5 Å². The third-order valence-corrected chi connectivity index (χ3v) is 4.78. The molecule has 4 nitrogen and oxygen atoms in total. The highest BCUT2D eigenvalue weighted by atomic mass is 32.1. The molecule has 0 aliphatic carbocycles. The van der Waals surface area contributed by atoms with Gasteiger partial charge in [0.1, 0.15) is 18.0 Å². The molecule has 20 heavy (non-hydrogen) atoms. The quantitative estimate of drug-likeness (QED) is 0.935. The SMILES string of the molecule is CCCNc1cc(N2CCc3sccc3C2C)ncn1. The summed E-state index contributed by atoms with van der Waals surface area (Å²) >= 11 is 1.87. The lowest BCUT2D eigenvalue weighted by Crippen LogP contribution is -2.33. The van der Waals surface area contributed by atoms with Crippen molar-refractivity contribution in [2.45, 2.75) is 32.7 Å². The van der Waals surface area contributed by atoms with Gasteiger partial charge in [0.05, 0.1) is 6.04 Å². The number of hydrogen-bond donors (Lipinski definition) is 1. The summed E-state index contributed by atoms with van der Waals surface area (Å²) in [4.78, 5) is 12.6. The molecule has 1 N–H and O–H groups in total. The Morgan fingerprint density at radius 2 is 2.35 bits per heavy atom. The summed E-state index contributed by atoms with van der Waals surface area (Å²) in [6.45, 7) is 6.38. The number of anilines is 2. The van der Waals surface area contributed by atoms with Crippen LogP contribution in [0.4, 0.5) is 11.6 Å². The maximum Gasteiger partial charge on any atom is 0.134 e. The summed E-state index contributed by atoms with van der Waals surface area (Å²) in [6, 6.07) is 4.69. The highest BCUT2D eigenvalue weighted by Crippen LogP contribution is 2.35. The van der Waals surface area contributed by atoms with E-state index in [4.69, 9.17) is 0 Å². The third-order valence-electron chi connectivity index (χ3n) is 3.78. The predicted octanol–water partition coefficient (Wildman–Crippen LogP) is 3.48. The third kappa shape index (κ3) is 2.50. The highest BCUT2D eigenvalue weighted by molar-refractivity contribution is 7.10. The van der Waals surface area contributed by atoms with Gasteiger partial charge in [0.2, 0.25) is 0 Å². The lowest BCUT2D eigenvalue weighted by molar-refractivity contribution is 0.624. The average Bonchev–Trinajstić information content (AvgIpc) is 2.95. The van der Waals surface area contributed by atoms with E-state index in [0.717, 1.165) is 37.6 Å². The Hall–Kier alpha value is -1.62. The lowest BCUT2D eigenvalue weighted by atomic mass is 10.0. The smallest absolute Gasteiger partial charge is 0.134 e. The van der Waals surface area contributed by atoms with Crippen molar-refractivity contribution < 1.29 is 0 Å². The van der Waals surface area contributed by atoms with E-state index in [9.17, 15) is 0 Å². The fraction of sp³-hybridized carbons (Fsp3) is 0.467. The van der Waals surface area contributed by atoms with Gasteiger partial charge in [-0.05, 0) is 36.8 Å². The molecule has 0 spiro atoms. The number of aromatic nitrogens is 2. The van der Waals surface area contributed by atoms with Crippen LogP contribution in [0, 0.1) is 0 Å². The van der Waals surface area contributed by atoms with Crippen molar-refractivity contribution in [2.75, 3.05) is 23.3 Å². The zero-order chi connectivity index (χ0) is 13.9. The molecule has 3 rings (SSSR count). The van der Waals surface area contributed by atoms with Crippen molar-refractivity contribution in [1.82, 2.24) is 9.97 Å². The maximum atomic E-state index is 4.46. The summed E-state index contributed by atoms with van der Waals surface area (Å²) in [5, 5.41) is 5.52. The summed E-state index contributed by atoms with van der Waals surface area (Å²) in [6.07, 6.45) is 3.86. The molecule has 106 valence electrons. The molecule has 0 fully saturated rings. The van der Waals surface area contributed by atoms with Crippen LogP contribution in [0.25, 0.3) is 0 Å². The Labute approximate surface area is 123 Å². The topological polar surface area (TPSA) is 41.0 Å². The van der Waals surface area contributed by atoms with E-state index >= 15 is 0 Å². The van der Waals surface area contributed by atoms with Crippen molar-refractivity contribution in [1.29, 1.82) is 0 Å². The Balaban J connectivity index is 1.83. The Morgan fingerprint density at radius 1 is 1.45 bits per heavy atom. The largest absolute Gasteiger partial charge is 0.370 e. The molecular formula is C15H20N4S. The van der Waals surface area contributed by atoms with Crippen molar-refractivity contribution in [3.8, 4) is 0 Å². The molecule has 0 bridgehead atoms. The van der Waals surface area contributed by atoms with Crippen LogP contribution in [0.5, 0.6) is 0 Å². The zero-order valence-corrected chi connectivity index (χ0v) is 12.8. The summed E-state index contributed by atoms with van der Waals surface area (Å²) in [7, 11) is 0. The highest BCUT2D eigenvalue weighted by Gasteiger charge is 2.25. The Kier molecular flexibility index (Phi) is 3.87. The van der Waals surface area contributed by atoms with Crippen LogP contribution in [-0.2, 0) is 6.42 Å². The monoisotopic (exact) mass is 288 g/mol. The standard InChI is InChI=1S/C15H20N4S/c1-3-6-16-14-9-15(18-10-17-14)19-7-4-13-12(11(19)2)5-8-20-13/h5,8-11H,3-4,6-7H2,1-2H3,(H,16,17,18). The number of fused-ring (bicyclic) bond motifs is 1. The van der Waals surface area contributed by atoms with Crippen molar-refractivity contribution >= 4 is 23.0 Å². The molecule has 1 aliphatic heterocycles. The minimum Gasteiger partial charge on any atom is -0.370 e. The van der Waals surface area contributed by atoms with Gasteiger partial charge in [-0.2, -0.15) is 0 Å². The molecule has 3 heterocycles. The van der Waals surface area contributed by atoms with E-state index in [1.54, 1.807) is 6.33 Å². The van der Waals surface area contributed by atoms with E-state index in [1.807, 2.05) is 11.3 Å². The summed E-state index contributed by atoms with van der Waals surface area (Å²) in [5.41, 5.74) is 1.45. The summed E-state index contributed by atoms with van der Waals surface area (Å²) in [5.74, 6) is 1.93. The van der Waals surface area contributed by atoms with E-state index < -0.39 is 0 Å². The lowest BCUT2D eigenvalue weighted by Gasteiger charge is -2.34. The molecule has 0 saturated heterocycles. The number of nitrogens with one attached hydrogen (secondary N) is 1. The van der Waals surface area contributed by atoms with Crippen LogP contribution < -0.4 is 10.2 Å². The number of hydrogen-bond acceptors (Lipinski definition) is 5. The first kappa shape index (κ1) is 13.4. The van der Waals surface area contributed by atoms with Gasteiger partial charge in [-0.25, -0.2) is 9.97 Å². The second-order valence-corrected chi connectivity index (χ2v) is 6.11. The average molecular weight is 288 g/mol. The van der Waals surface area contributed by atoms with Crippen molar-refractivity contribution in [2.24, 2.45) is 0 Å². The van der Waals surface area contributed by atoms with Crippen LogP contribution >= 0.6 is 11.3 Å². The second-order valence-electron chi connectivity index (χ2n) is 5.11. The van der Waals surface area contributed by atoms with Gasteiger partial charge >= 0.3 is 0 Å². The number of nitrogens with zero attached hydrogens (tertiary/aromatic N) is 3. The van der Waals surface area contributed by atoms with Gasteiger partial charge in [0, 0.05) is 24.0 Å². The first-order chi connectivity index (χ1) is 9.79. The molecule has 0 saturated carbocycles. The molecule has 1 atom stereocenters. The van der Waals surface area contributed by atoms with Crippen molar-refractivity contribution in [3.63, 3.8) is 0 Å². The molecule has 0 radical (unpaired) electrons. The second kappa shape index (κ2) is 5.79. The fourth-order valence-electron chi connectivity index (χ4n) is 2.68. The van der Waals surface area contributed by atoms with Crippen molar-refractivity contribution in [3.05, 3.63) is 34.3 Å².